The van der Waals surface area contributed by atoms with Crippen LogP contribution in [0.1, 0.15) is 43.1 Å². The third kappa shape index (κ3) is 5.40. The minimum atomic E-state index is -0.180. The molecule has 0 spiro atoms. The molecular formula is C19H26N2O5. The van der Waals surface area contributed by atoms with Crippen molar-refractivity contribution in [2.75, 3.05) is 26.4 Å². The summed E-state index contributed by atoms with van der Waals surface area (Å²) >= 11 is 0. The Kier molecular flexibility index (Phi) is 7.79. The SMILES string of the molecule is CCOc1cc(C(=O)NCCCc2cnoc2)cc(OCC)c1OCC. The number of nitrogens with one attached hydrogen (secondary N) is 1. The Balaban J connectivity index is 2.06. The number of amides is 1. The van der Waals surface area contributed by atoms with Crippen LogP contribution in [0.5, 0.6) is 17.2 Å². The highest BCUT2D eigenvalue weighted by molar-refractivity contribution is 5.95. The van der Waals surface area contributed by atoms with Crippen LogP contribution in [0.4, 0.5) is 0 Å². The normalized spacial score (nSPS) is 10.4. The van der Waals surface area contributed by atoms with Crippen molar-refractivity contribution in [1.82, 2.24) is 10.5 Å². The highest BCUT2D eigenvalue weighted by Gasteiger charge is 2.18. The zero-order chi connectivity index (χ0) is 18.8. The fourth-order valence-electron chi connectivity index (χ4n) is 2.47. The summed E-state index contributed by atoms with van der Waals surface area (Å²) in [6.45, 7) is 7.62. The van der Waals surface area contributed by atoms with E-state index in [0.29, 0.717) is 49.2 Å². The molecule has 0 aliphatic heterocycles. The van der Waals surface area contributed by atoms with Crippen LogP contribution in [-0.4, -0.2) is 37.4 Å². The van der Waals surface area contributed by atoms with E-state index in [1.807, 2.05) is 20.8 Å². The van der Waals surface area contributed by atoms with Gasteiger partial charge in [-0.25, -0.2) is 0 Å². The Bertz CT molecular complexity index is 658. The van der Waals surface area contributed by atoms with Gasteiger partial charge in [-0.15, -0.1) is 0 Å². The Labute approximate surface area is 153 Å². The number of carbonyl (C=O) groups excluding carboxylic acids is 1. The van der Waals surface area contributed by atoms with E-state index in [0.717, 1.165) is 18.4 Å². The molecule has 2 rings (SSSR count). The van der Waals surface area contributed by atoms with Crippen molar-refractivity contribution in [2.24, 2.45) is 0 Å². The second-order valence-corrected chi connectivity index (χ2v) is 5.49. The molecule has 7 heteroatoms. The monoisotopic (exact) mass is 362 g/mol. The lowest BCUT2D eigenvalue weighted by molar-refractivity contribution is 0.0952. The lowest BCUT2D eigenvalue weighted by Gasteiger charge is -2.17. The Hall–Kier alpha value is -2.70. The van der Waals surface area contributed by atoms with E-state index in [-0.39, 0.29) is 5.91 Å². The molecular weight excluding hydrogens is 336 g/mol. The molecule has 26 heavy (non-hydrogen) atoms. The molecule has 1 amide bonds. The summed E-state index contributed by atoms with van der Waals surface area (Å²) < 4.78 is 21.7. The van der Waals surface area contributed by atoms with Crippen molar-refractivity contribution in [3.05, 3.63) is 35.7 Å². The van der Waals surface area contributed by atoms with Crippen molar-refractivity contribution in [3.8, 4) is 17.2 Å². The summed E-state index contributed by atoms with van der Waals surface area (Å²) in [5.74, 6) is 1.37. The van der Waals surface area contributed by atoms with Crippen LogP contribution in [0.3, 0.4) is 0 Å². The summed E-state index contributed by atoms with van der Waals surface area (Å²) in [5.41, 5.74) is 1.49. The zero-order valence-corrected chi connectivity index (χ0v) is 15.5. The number of aryl methyl sites for hydroxylation is 1. The van der Waals surface area contributed by atoms with Crippen molar-refractivity contribution >= 4 is 5.91 Å². The van der Waals surface area contributed by atoms with E-state index in [9.17, 15) is 4.79 Å². The first kappa shape index (κ1) is 19.6. The molecule has 0 aliphatic rings. The minimum absolute atomic E-state index is 0.180. The second-order valence-electron chi connectivity index (χ2n) is 5.49. The van der Waals surface area contributed by atoms with Gasteiger partial charge in [-0.1, -0.05) is 5.16 Å². The standard InChI is InChI=1S/C19H26N2O5/c1-4-23-16-10-15(11-17(24-5-2)18(16)25-6-3)19(22)20-9-7-8-14-12-21-26-13-14/h10-13H,4-9H2,1-3H3,(H,20,22). The van der Waals surface area contributed by atoms with Crippen LogP contribution in [0.2, 0.25) is 0 Å². The van der Waals surface area contributed by atoms with Crippen molar-refractivity contribution in [3.63, 3.8) is 0 Å². The van der Waals surface area contributed by atoms with E-state index in [4.69, 9.17) is 18.7 Å². The lowest BCUT2D eigenvalue weighted by atomic mass is 10.1. The first-order valence-electron chi connectivity index (χ1n) is 8.92. The Morgan fingerprint density at radius 2 is 1.73 bits per heavy atom. The fourth-order valence-corrected chi connectivity index (χ4v) is 2.47. The molecule has 0 saturated carbocycles. The molecule has 1 heterocycles. The zero-order valence-electron chi connectivity index (χ0n) is 15.5. The number of hydrogen-bond donors (Lipinski definition) is 1. The van der Waals surface area contributed by atoms with Gasteiger partial charge in [0.2, 0.25) is 5.75 Å². The van der Waals surface area contributed by atoms with E-state index in [1.165, 1.54) is 0 Å². The molecule has 0 saturated heterocycles. The van der Waals surface area contributed by atoms with Gasteiger partial charge >= 0.3 is 0 Å². The topological polar surface area (TPSA) is 82.8 Å². The van der Waals surface area contributed by atoms with Crippen LogP contribution in [0.25, 0.3) is 0 Å². The average Bonchev–Trinajstić information content (AvgIpc) is 3.15. The molecule has 7 nitrogen and oxygen atoms in total. The van der Waals surface area contributed by atoms with Crippen LogP contribution >= 0.6 is 0 Å². The molecule has 0 fully saturated rings. The summed E-state index contributed by atoms with van der Waals surface area (Å²) in [5, 5.41) is 6.57. The molecule has 0 aliphatic carbocycles. The Morgan fingerprint density at radius 3 is 2.27 bits per heavy atom. The predicted molar refractivity (Wildman–Crippen MR) is 97.1 cm³/mol. The van der Waals surface area contributed by atoms with Crippen LogP contribution in [0, 0.1) is 0 Å². The van der Waals surface area contributed by atoms with Gasteiger partial charge in [0.25, 0.3) is 5.91 Å². The van der Waals surface area contributed by atoms with E-state index in [1.54, 1.807) is 24.6 Å². The van der Waals surface area contributed by atoms with Gasteiger partial charge in [-0.2, -0.15) is 0 Å². The van der Waals surface area contributed by atoms with Crippen LogP contribution < -0.4 is 19.5 Å². The molecule has 0 radical (unpaired) electrons. The Morgan fingerprint density at radius 1 is 1.08 bits per heavy atom. The van der Waals surface area contributed by atoms with Crippen LogP contribution in [-0.2, 0) is 6.42 Å². The molecule has 1 N–H and O–H groups in total. The maximum absolute atomic E-state index is 12.5. The molecule has 0 bridgehead atoms. The van der Waals surface area contributed by atoms with E-state index in [2.05, 4.69) is 10.5 Å². The second kappa shape index (κ2) is 10.3. The third-order valence-electron chi connectivity index (χ3n) is 3.58. The van der Waals surface area contributed by atoms with Crippen molar-refractivity contribution < 1.29 is 23.5 Å². The molecule has 1 aromatic heterocycles. The van der Waals surface area contributed by atoms with Gasteiger partial charge in [0.1, 0.15) is 6.26 Å². The maximum atomic E-state index is 12.5. The van der Waals surface area contributed by atoms with E-state index >= 15 is 0 Å². The highest BCUT2D eigenvalue weighted by atomic mass is 16.5. The van der Waals surface area contributed by atoms with Gasteiger partial charge < -0.3 is 24.1 Å². The predicted octanol–water partition coefficient (Wildman–Crippen LogP) is 3.23. The van der Waals surface area contributed by atoms with E-state index < -0.39 is 0 Å². The van der Waals surface area contributed by atoms with Crippen LogP contribution in [0.15, 0.2) is 29.1 Å². The van der Waals surface area contributed by atoms with Crippen molar-refractivity contribution in [1.29, 1.82) is 0 Å². The molecule has 2 aromatic rings. The maximum Gasteiger partial charge on any atom is 0.251 e. The fraction of sp³-hybridized carbons (Fsp3) is 0.474. The average molecular weight is 362 g/mol. The minimum Gasteiger partial charge on any atom is -0.490 e. The summed E-state index contributed by atoms with van der Waals surface area (Å²) in [6.07, 6.45) is 4.87. The van der Waals surface area contributed by atoms with Gasteiger partial charge in [0.15, 0.2) is 11.5 Å². The third-order valence-corrected chi connectivity index (χ3v) is 3.58. The number of nitrogens with zero attached hydrogens (tertiary/aromatic N) is 1. The summed E-state index contributed by atoms with van der Waals surface area (Å²) in [7, 11) is 0. The quantitative estimate of drug-likeness (QED) is 0.618. The number of aromatic nitrogens is 1. The summed E-state index contributed by atoms with van der Waals surface area (Å²) in [4.78, 5) is 12.5. The summed E-state index contributed by atoms with van der Waals surface area (Å²) in [6, 6.07) is 3.37. The highest BCUT2D eigenvalue weighted by Crippen LogP contribution is 2.39. The number of ether oxygens (including phenoxy) is 3. The number of benzene rings is 1. The lowest BCUT2D eigenvalue weighted by Crippen LogP contribution is -2.25. The largest absolute Gasteiger partial charge is 0.490 e. The number of carbonyl (C=O) groups is 1. The van der Waals surface area contributed by atoms with Gasteiger partial charge in [-0.05, 0) is 45.7 Å². The molecule has 0 atom stereocenters. The molecule has 1 aromatic carbocycles. The van der Waals surface area contributed by atoms with Crippen molar-refractivity contribution in [2.45, 2.75) is 33.6 Å². The smallest absolute Gasteiger partial charge is 0.251 e. The van der Waals surface area contributed by atoms with Gasteiger partial charge in [0.05, 0.1) is 26.0 Å². The van der Waals surface area contributed by atoms with Gasteiger partial charge in [-0.3, -0.25) is 4.79 Å². The van der Waals surface area contributed by atoms with Gasteiger partial charge in [0, 0.05) is 17.7 Å². The first-order chi connectivity index (χ1) is 12.7. The molecule has 0 unspecified atom stereocenters. The first-order valence-corrected chi connectivity index (χ1v) is 8.92. The number of hydrogen-bond acceptors (Lipinski definition) is 6. The molecule has 142 valence electrons. The number of rotatable bonds is 11.